The van der Waals surface area contributed by atoms with Crippen LogP contribution >= 0.6 is 0 Å². The van der Waals surface area contributed by atoms with Crippen molar-refractivity contribution >= 4 is 17.1 Å². The molecule has 22 heavy (non-hydrogen) atoms. The van der Waals surface area contributed by atoms with Gasteiger partial charge < -0.3 is 14.6 Å². The van der Waals surface area contributed by atoms with Gasteiger partial charge >= 0.3 is 6.03 Å². The van der Waals surface area contributed by atoms with Gasteiger partial charge in [-0.05, 0) is 31.5 Å². The Kier molecular flexibility index (Phi) is 3.46. The molecule has 116 valence electrons. The number of carbonyl (C=O) groups excluding carboxylic acids is 1. The largest absolute Gasteiger partial charge is 0.439 e. The van der Waals surface area contributed by atoms with E-state index in [1.54, 1.807) is 0 Å². The van der Waals surface area contributed by atoms with E-state index in [0.29, 0.717) is 12.6 Å². The quantitative estimate of drug-likeness (QED) is 0.939. The number of urea groups is 1. The zero-order valence-corrected chi connectivity index (χ0v) is 12.5. The highest BCUT2D eigenvalue weighted by Gasteiger charge is 2.31. The van der Waals surface area contributed by atoms with Crippen molar-refractivity contribution in [1.82, 2.24) is 20.1 Å². The Balaban J connectivity index is 1.45. The van der Waals surface area contributed by atoms with E-state index in [1.165, 1.54) is 0 Å². The van der Waals surface area contributed by atoms with Crippen molar-refractivity contribution in [2.24, 2.45) is 0 Å². The van der Waals surface area contributed by atoms with Gasteiger partial charge in [-0.1, -0.05) is 12.1 Å². The number of para-hydroxylation sites is 2. The van der Waals surface area contributed by atoms with Crippen LogP contribution < -0.4 is 5.32 Å². The van der Waals surface area contributed by atoms with Gasteiger partial charge in [-0.3, -0.25) is 4.90 Å². The molecule has 3 heterocycles. The number of aromatic nitrogens is 1. The number of benzene rings is 1. The minimum absolute atomic E-state index is 0.0775. The third-order valence-electron chi connectivity index (χ3n) is 4.51. The van der Waals surface area contributed by atoms with Crippen molar-refractivity contribution in [3.63, 3.8) is 0 Å². The Labute approximate surface area is 129 Å². The van der Waals surface area contributed by atoms with Crippen LogP contribution in [0, 0.1) is 0 Å². The van der Waals surface area contributed by atoms with Crippen LogP contribution in [0.5, 0.6) is 0 Å². The number of oxazole rings is 1. The fourth-order valence-electron chi connectivity index (χ4n) is 3.44. The van der Waals surface area contributed by atoms with Gasteiger partial charge in [0.15, 0.2) is 5.58 Å². The molecule has 6 heteroatoms. The van der Waals surface area contributed by atoms with Crippen molar-refractivity contribution in [2.75, 3.05) is 26.2 Å². The number of amides is 2. The lowest BCUT2D eigenvalue weighted by Gasteiger charge is -2.36. The van der Waals surface area contributed by atoms with Crippen LogP contribution in [0.4, 0.5) is 4.79 Å². The first-order chi connectivity index (χ1) is 10.8. The van der Waals surface area contributed by atoms with Crippen LogP contribution in [0.3, 0.4) is 0 Å². The third kappa shape index (κ3) is 2.54. The number of carbonyl (C=O) groups is 1. The summed E-state index contributed by atoms with van der Waals surface area (Å²) in [6.07, 6.45) is 2.19. The third-order valence-corrected chi connectivity index (χ3v) is 4.51. The second-order valence-corrected chi connectivity index (χ2v) is 6.03. The highest BCUT2D eigenvalue weighted by molar-refractivity contribution is 5.76. The number of hydrogen-bond acceptors (Lipinski definition) is 4. The Hall–Kier alpha value is -2.08. The van der Waals surface area contributed by atoms with Gasteiger partial charge in [0.25, 0.3) is 0 Å². The average molecular weight is 300 g/mol. The Morgan fingerprint density at radius 3 is 3.05 bits per heavy atom. The van der Waals surface area contributed by atoms with Gasteiger partial charge in [-0.15, -0.1) is 0 Å². The zero-order valence-electron chi connectivity index (χ0n) is 12.5. The van der Waals surface area contributed by atoms with E-state index in [-0.39, 0.29) is 6.03 Å². The molecule has 2 amide bonds. The summed E-state index contributed by atoms with van der Waals surface area (Å²) < 4.78 is 5.81. The maximum absolute atomic E-state index is 11.8. The topological polar surface area (TPSA) is 61.6 Å². The normalized spacial score (nSPS) is 23.2. The first kappa shape index (κ1) is 13.6. The lowest BCUT2D eigenvalue weighted by atomic mass is 10.0. The Morgan fingerprint density at radius 2 is 2.23 bits per heavy atom. The molecule has 2 aliphatic rings. The van der Waals surface area contributed by atoms with Crippen LogP contribution in [0.1, 0.15) is 18.7 Å². The summed E-state index contributed by atoms with van der Waals surface area (Å²) in [4.78, 5) is 20.7. The molecule has 0 spiro atoms. The first-order valence-corrected chi connectivity index (χ1v) is 7.91. The highest BCUT2D eigenvalue weighted by atomic mass is 16.3. The molecule has 1 atom stereocenters. The molecular formula is C16H20N4O2. The van der Waals surface area contributed by atoms with Crippen molar-refractivity contribution in [2.45, 2.75) is 25.4 Å². The molecule has 0 bridgehead atoms. The zero-order chi connectivity index (χ0) is 14.9. The predicted molar refractivity (Wildman–Crippen MR) is 82.4 cm³/mol. The van der Waals surface area contributed by atoms with Crippen LogP contribution in [0.2, 0.25) is 0 Å². The Morgan fingerprint density at radius 1 is 1.32 bits per heavy atom. The number of nitrogens with one attached hydrogen (secondary N) is 1. The number of fused-ring (bicyclic) bond motifs is 1. The highest BCUT2D eigenvalue weighted by Crippen LogP contribution is 2.21. The minimum atomic E-state index is 0.0775. The molecule has 0 radical (unpaired) electrons. The number of rotatable bonds is 3. The summed E-state index contributed by atoms with van der Waals surface area (Å²) in [5.74, 6) is 0.757. The van der Waals surface area contributed by atoms with Crippen LogP contribution in [0.25, 0.3) is 11.1 Å². The maximum Gasteiger partial charge on any atom is 0.317 e. The minimum Gasteiger partial charge on any atom is -0.439 e. The standard InChI is InChI=1S/C16H20N4O2/c21-16-17-7-9-20(16)12-4-3-8-19(10-12)11-15-18-13-5-1-2-6-14(13)22-15/h1-2,5-6,12H,3-4,7-11H2,(H,17,21)/t12-/m1/s1. The second-order valence-electron chi connectivity index (χ2n) is 6.03. The number of likely N-dealkylation sites (tertiary alicyclic amines) is 1. The lowest BCUT2D eigenvalue weighted by molar-refractivity contribution is 0.116. The van der Waals surface area contributed by atoms with Gasteiger partial charge in [-0.25, -0.2) is 9.78 Å². The SMILES string of the molecule is O=C1NCCN1[C@@H]1CCCN(Cc2nc3ccccc3o2)C1. The number of hydrogen-bond donors (Lipinski definition) is 1. The summed E-state index contributed by atoms with van der Waals surface area (Å²) in [5.41, 5.74) is 1.75. The van der Waals surface area contributed by atoms with E-state index in [2.05, 4.69) is 15.2 Å². The molecule has 1 N–H and O–H groups in total. The number of piperidine rings is 1. The van der Waals surface area contributed by atoms with E-state index in [0.717, 1.165) is 56.0 Å². The first-order valence-electron chi connectivity index (χ1n) is 7.91. The fourth-order valence-corrected chi connectivity index (χ4v) is 3.44. The average Bonchev–Trinajstić information content (AvgIpc) is 3.12. The van der Waals surface area contributed by atoms with Crippen molar-refractivity contribution in [3.8, 4) is 0 Å². The molecule has 0 aliphatic carbocycles. The molecule has 6 nitrogen and oxygen atoms in total. The van der Waals surface area contributed by atoms with Gasteiger partial charge in [0, 0.05) is 25.7 Å². The molecule has 2 fully saturated rings. The van der Waals surface area contributed by atoms with Crippen LogP contribution in [-0.2, 0) is 6.54 Å². The van der Waals surface area contributed by atoms with E-state index in [1.807, 2.05) is 29.2 Å². The maximum atomic E-state index is 11.8. The van der Waals surface area contributed by atoms with E-state index >= 15 is 0 Å². The lowest BCUT2D eigenvalue weighted by Crippen LogP contribution is -2.48. The molecule has 2 aromatic rings. The van der Waals surface area contributed by atoms with E-state index in [9.17, 15) is 4.79 Å². The summed E-state index contributed by atoms with van der Waals surface area (Å²) in [6.45, 7) is 4.22. The van der Waals surface area contributed by atoms with Gasteiger partial charge in [0.1, 0.15) is 5.52 Å². The molecule has 0 unspecified atom stereocenters. The molecular weight excluding hydrogens is 280 g/mol. The molecule has 4 rings (SSSR count). The summed E-state index contributed by atoms with van der Waals surface area (Å²) in [6, 6.07) is 8.22. The van der Waals surface area contributed by atoms with Crippen molar-refractivity contribution in [1.29, 1.82) is 0 Å². The summed E-state index contributed by atoms with van der Waals surface area (Å²) in [5, 5.41) is 2.89. The van der Waals surface area contributed by atoms with Gasteiger partial charge in [0.05, 0.1) is 6.54 Å². The van der Waals surface area contributed by atoms with E-state index in [4.69, 9.17) is 4.42 Å². The molecule has 1 aromatic heterocycles. The van der Waals surface area contributed by atoms with Crippen molar-refractivity contribution < 1.29 is 9.21 Å². The fraction of sp³-hybridized carbons (Fsp3) is 0.500. The molecule has 2 aliphatic heterocycles. The molecule has 2 saturated heterocycles. The summed E-state index contributed by atoms with van der Waals surface area (Å²) in [7, 11) is 0. The van der Waals surface area contributed by atoms with E-state index < -0.39 is 0 Å². The molecule has 0 saturated carbocycles. The van der Waals surface area contributed by atoms with Crippen molar-refractivity contribution in [3.05, 3.63) is 30.2 Å². The van der Waals surface area contributed by atoms with Gasteiger partial charge in [-0.2, -0.15) is 0 Å². The molecule has 1 aromatic carbocycles. The second kappa shape index (κ2) is 5.61. The smallest absolute Gasteiger partial charge is 0.317 e. The summed E-state index contributed by atoms with van der Waals surface area (Å²) >= 11 is 0. The Bertz CT molecular complexity index is 651. The van der Waals surface area contributed by atoms with Gasteiger partial charge in [0.2, 0.25) is 5.89 Å². The van der Waals surface area contributed by atoms with Crippen LogP contribution in [0.15, 0.2) is 28.7 Å². The predicted octanol–water partition coefficient (Wildman–Crippen LogP) is 1.82. The van der Waals surface area contributed by atoms with Crippen LogP contribution in [-0.4, -0.2) is 53.0 Å². The monoisotopic (exact) mass is 300 g/mol. The number of nitrogens with zero attached hydrogens (tertiary/aromatic N) is 3.